The van der Waals surface area contributed by atoms with E-state index in [-0.39, 0.29) is 18.1 Å². The summed E-state index contributed by atoms with van der Waals surface area (Å²) in [5, 5.41) is 2.78. The molecule has 0 saturated carbocycles. The van der Waals surface area contributed by atoms with E-state index in [0.29, 0.717) is 17.7 Å². The minimum atomic E-state index is -0.306. The van der Waals surface area contributed by atoms with Crippen molar-refractivity contribution < 1.29 is 4.79 Å². The molecule has 1 amide bonds. The molecule has 3 heterocycles. The maximum atomic E-state index is 12.1. The van der Waals surface area contributed by atoms with E-state index < -0.39 is 0 Å². The summed E-state index contributed by atoms with van der Waals surface area (Å²) >= 11 is 0. The van der Waals surface area contributed by atoms with Gasteiger partial charge in [0.25, 0.3) is 5.91 Å². The molecule has 1 fully saturated rings. The molecule has 25 heavy (non-hydrogen) atoms. The number of rotatable bonds is 5. The van der Waals surface area contributed by atoms with E-state index in [1.165, 1.54) is 25.0 Å². The zero-order valence-corrected chi connectivity index (χ0v) is 14.5. The van der Waals surface area contributed by atoms with E-state index in [1.54, 1.807) is 0 Å². The van der Waals surface area contributed by atoms with Crippen LogP contribution >= 0.6 is 0 Å². The van der Waals surface area contributed by atoms with Crippen LogP contribution in [0.5, 0.6) is 0 Å². The lowest BCUT2D eigenvalue weighted by Gasteiger charge is -2.27. The Balaban J connectivity index is 1.75. The van der Waals surface area contributed by atoms with Crippen molar-refractivity contribution in [2.75, 3.05) is 37.0 Å². The second kappa shape index (κ2) is 7.82. The second-order valence-corrected chi connectivity index (χ2v) is 6.07. The molecule has 0 atom stereocenters. The Morgan fingerprint density at radius 3 is 2.64 bits per heavy atom. The van der Waals surface area contributed by atoms with Crippen LogP contribution in [-0.4, -0.2) is 58.0 Å². The number of carbonyl (C=O) groups is 1. The molecule has 1 saturated heterocycles. The van der Waals surface area contributed by atoms with Gasteiger partial charge < -0.3 is 15.1 Å². The number of piperidine rings is 1. The van der Waals surface area contributed by atoms with E-state index in [1.807, 2.05) is 19.0 Å². The number of anilines is 2. The van der Waals surface area contributed by atoms with Gasteiger partial charge in [-0.1, -0.05) is 0 Å². The summed E-state index contributed by atoms with van der Waals surface area (Å²) < 4.78 is 0. The van der Waals surface area contributed by atoms with E-state index >= 15 is 0 Å². The summed E-state index contributed by atoms with van der Waals surface area (Å²) in [6.45, 7) is 2.10. The van der Waals surface area contributed by atoms with Gasteiger partial charge in [0.05, 0.1) is 12.7 Å². The summed E-state index contributed by atoms with van der Waals surface area (Å²) in [6.07, 6.45) is 7.95. The molecular formula is C16H22N8O. The Morgan fingerprint density at radius 2 is 1.96 bits per heavy atom. The SMILES string of the molecule is CN(C)c1nc(CNC(=O)c2cnccn2)nc(N2CCCCC2)n1. The Morgan fingerprint density at radius 1 is 1.16 bits per heavy atom. The van der Waals surface area contributed by atoms with E-state index in [9.17, 15) is 4.79 Å². The van der Waals surface area contributed by atoms with Crippen LogP contribution in [0.25, 0.3) is 0 Å². The first-order valence-electron chi connectivity index (χ1n) is 8.35. The Hall–Kier alpha value is -2.84. The minimum Gasteiger partial charge on any atom is -0.347 e. The van der Waals surface area contributed by atoms with Gasteiger partial charge in [0, 0.05) is 39.6 Å². The van der Waals surface area contributed by atoms with Crippen LogP contribution in [0, 0.1) is 0 Å². The molecule has 1 aliphatic heterocycles. The van der Waals surface area contributed by atoms with Gasteiger partial charge >= 0.3 is 0 Å². The fourth-order valence-electron chi connectivity index (χ4n) is 2.58. The van der Waals surface area contributed by atoms with Crippen LogP contribution < -0.4 is 15.1 Å². The van der Waals surface area contributed by atoms with Crippen LogP contribution in [0.1, 0.15) is 35.6 Å². The molecule has 0 bridgehead atoms. The molecule has 9 heteroatoms. The standard InChI is InChI=1S/C16H22N8O/c1-23(2)15-20-13(11-19-14(25)12-10-17-6-7-18-12)21-16(22-15)24-8-4-3-5-9-24/h6-7,10H,3-5,8-9,11H2,1-2H3,(H,19,25). The Bertz CT molecular complexity index is 715. The van der Waals surface area contributed by atoms with Crippen molar-refractivity contribution in [2.45, 2.75) is 25.8 Å². The largest absolute Gasteiger partial charge is 0.347 e. The highest BCUT2D eigenvalue weighted by Crippen LogP contribution is 2.17. The average molecular weight is 342 g/mol. The fraction of sp³-hybridized carbons (Fsp3) is 0.500. The molecular weight excluding hydrogens is 320 g/mol. The second-order valence-electron chi connectivity index (χ2n) is 6.07. The molecule has 1 N–H and O–H groups in total. The van der Waals surface area contributed by atoms with Crippen LogP contribution in [-0.2, 0) is 6.54 Å². The number of nitrogens with one attached hydrogen (secondary N) is 1. The molecule has 0 unspecified atom stereocenters. The van der Waals surface area contributed by atoms with E-state index in [4.69, 9.17) is 0 Å². The van der Waals surface area contributed by atoms with Crippen molar-refractivity contribution in [3.8, 4) is 0 Å². The number of hydrogen-bond acceptors (Lipinski definition) is 8. The highest BCUT2D eigenvalue weighted by molar-refractivity contribution is 5.91. The molecule has 9 nitrogen and oxygen atoms in total. The lowest BCUT2D eigenvalue weighted by atomic mass is 10.1. The quantitative estimate of drug-likeness (QED) is 0.845. The third kappa shape index (κ3) is 4.37. The molecule has 0 aliphatic carbocycles. The lowest BCUT2D eigenvalue weighted by Crippen LogP contribution is -2.33. The zero-order chi connectivity index (χ0) is 17.6. The summed E-state index contributed by atoms with van der Waals surface area (Å²) in [7, 11) is 3.77. The molecule has 0 spiro atoms. The topological polar surface area (TPSA) is 100 Å². The molecule has 2 aromatic heterocycles. The Labute approximate surface area is 146 Å². The van der Waals surface area contributed by atoms with Gasteiger partial charge in [-0.3, -0.25) is 9.78 Å². The monoisotopic (exact) mass is 342 g/mol. The fourth-order valence-corrected chi connectivity index (χ4v) is 2.58. The third-order valence-electron chi connectivity index (χ3n) is 3.90. The average Bonchev–Trinajstić information content (AvgIpc) is 2.67. The van der Waals surface area contributed by atoms with Crippen molar-refractivity contribution in [1.29, 1.82) is 0 Å². The van der Waals surface area contributed by atoms with Gasteiger partial charge in [-0.2, -0.15) is 15.0 Å². The summed E-state index contributed by atoms with van der Waals surface area (Å²) in [6, 6.07) is 0. The van der Waals surface area contributed by atoms with Crippen molar-refractivity contribution in [3.05, 3.63) is 30.1 Å². The highest BCUT2D eigenvalue weighted by Gasteiger charge is 2.17. The highest BCUT2D eigenvalue weighted by atomic mass is 16.1. The molecule has 132 valence electrons. The smallest absolute Gasteiger partial charge is 0.271 e. The summed E-state index contributed by atoms with van der Waals surface area (Å²) in [4.78, 5) is 37.5. The van der Waals surface area contributed by atoms with Crippen molar-refractivity contribution >= 4 is 17.8 Å². The van der Waals surface area contributed by atoms with Crippen LogP contribution in [0.4, 0.5) is 11.9 Å². The summed E-state index contributed by atoms with van der Waals surface area (Å²) in [5.74, 6) is 1.47. The predicted molar refractivity (Wildman–Crippen MR) is 93.4 cm³/mol. The van der Waals surface area contributed by atoms with Crippen LogP contribution in [0.3, 0.4) is 0 Å². The number of nitrogens with zero attached hydrogens (tertiary/aromatic N) is 7. The lowest BCUT2D eigenvalue weighted by molar-refractivity contribution is 0.0944. The van der Waals surface area contributed by atoms with Crippen molar-refractivity contribution in [1.82, 2.24) is 30.2 Å². The maximum absolute atomic E-state index is 12.1. The Kier molecular flexibility index (Phi) is 5.32. The van der Waals surface area contributed by atoms with Gasteiger partial charge in [0.1, 0.15) is 5.69 Å². The molecule has 0 radical (unpaired) electrons. The van der Waals surface area contributed by atoms with E-state index in [0.717, 1.165) is 25.9 Å². The number of aromatic nitrogens is 5. The van der Waals surface area contributed by atoms with Gasteiger partial charge in [0.15, 0.2) is 5.82 Å². The zero-order valence-electron chi connectivity index (χ0n) is 14.5. The third-order valence-corrected chi connectivity index (χ3v) is 3.90. The van der Waals surface area contributed by atoms with Gasteiger partial charge in [0.2, 0.25) is 11.9 Å². The first-order valence-corrected chi connectivity index (χ1v) is 8.35. The molecule has 1 aliphatic rings. The van der Waals surface area contributed by atoms with Gasteiger partial charge in [-0.05, 0) is 19.3 Å². The molecule has 0 aromatic carbocycles. The first-order chi connectivity index (χ1) is 12.1. The van der Waals surface area contributed by atoms with Crippen LogP contribution in [0.2, 0.25) is 0 Å². The van der Waals surface area contributed by atoms with Gasteiger partial charge in [-0.15, -0.1) is 0 Å². The van der Waals surface area contributed by atoms with Crippen LogP contribution in [0.15, 0.2) is 18.6 Å². The normalized spacial score (nSPS) is 14.2. The van der Waals surface area contributed by atoms with Crippen molar-refractivity contribution in [3.63, 3.8) is 0 Å². The predicted octanol–water partition coefficient (Wildman–Crippen LogP) is 0.648. The number of carbonyl (C=O) groups excluding carboxylic acids is 1. The van der Waals surface area contributed by atoms with Crippen molar-refractivity contribution in [2.24, 2.45) is 0 Å². The minimum absolute atomic E-state index is 0.208. The number of amides is 1. The summed E-state index contributed by atoms with van der Waals surface area (Å²) in [5.41, 5.74) is 0.264. The van der Waals surface area contributed by atoms with E-state index in [2.05, 4.69) is 35.1 Å². The molecule has 2 aromatic rings. The number of hydrogen-bond donors (Lipinski definition) is 1. The first kappa shape index (κ1) is 17.0. The molecule has 3 rings (SSSR count). The van der Waals surface area contributed by atoms with Gasteiger partial charge in [-0.25, -0.2) is 4.98 Å². The maximum Gasteiger partial charge on any atom is 0.271 e.